The number of likely N-dealkylation sites (N-methyl/N-ethyl adjacent to an activating group) is 1. The van der Waals surface area contributed by atoms with Crippen molar-refractivity contribution in [3.05, 3.63) is 30.1 Å². The van der Waals surface area contributed by atoms with Crippen molar-refractivity contribution in [3.8, 4) is 0 Å². The number of piperidine rings is 2. The third-order valence-electron chi connectivity index (χ3n) is 6.15. The Balaban J connectivity index is 1.65. The first-order chi connectivity index (χ1) is 12.9. The van der Waals surface area contributed by atoms with Crippen molar-refractivity contribution in [1.29, 1.82) is 0 Å². The molecule has 6 heteroatoms. The Hall–Kier alpha value is -1.95. The summed E-state index contributed by atoms with van der Waals surface area (Å²) >= 11 is 0. The van der Waals surface area contributed by atoms with Crippen LogP contribution in [0.5, 0.6) is 0 Å². The minimum Gasteiger partial charge on any atom is -0.341 e. The van der Waals surface area contributed by atoms with E-state index in [0.717, 1.165) is 44.5 Å². The predicted molar refractivity (Wildman–Crippen MR) is 105 cm³/mol. The second kappa shape index (κ2) is 8.38. The number of carbonyl (C=O) groups excluding carboxylic acids is 2. The average molecular weight is 373 g/mol. The van der Waals surface area contributed by atoms with E-state index in [4.69, 9.17) is 0 Å². The van der Waals surface area contributed by atoms with Crippen molar-refractivity contribution >= 4 is 11.8 Å². The smallest absolute Gasteiger partial charge is 0.236 e. The molecule has 0 bridgehead atoms. The summed E-state index contributed by atoms with van der Waals surface area (Å²) < 4.78 is 0. The lowest BCUT2D eigenvalue weighted by Crippen LogP contribution is -2.56. The molecule has 27 heavy (non-hydrogen) atoms. The minimum absolute atomic E-state index is 0.0469. The molecule has 2 saturated heterocycles. The number of amides is 2. The van der Waals surface area contributed by atoms with Crippen molar-refractivity contribution in [2.24, 2.45) is 5.41 Å². The van der Waals surface area contributed by atoms with Gasteiger partial charge in [0, 0.05) is 56.5 Å². The number of hydrogen-bond acceptors (Lipinski definition) is 4. The van der Waals surface area contributed by atoms with Crippen molar-refractivity contribution in [3.63, 3.8) is 0 Å². The quantitative estimate of drug-likeness (QED) is 0.795. The average Bonchev–Trinajstić information content (AvgIpc) is 2.66. The highest BCUT2D eigenvalue weighted by Crippen LogP contribution is 2.39. The van der Waals surface area contributed by atoms with Gasteiger partial charge in [0.2, 0.25) is 11.8 Å². The highest BCUT2D eigenvalue weighted by Gasteiger charge is 2.42. The lowest BCUT2D eigenvalue weighted by molar-refractivity contribution is -0.144. The molecule has 1 aromatic rings. The molecule has 2 amide bonds. The van der Waals surface area contributed by atoms with Gasteiger partial charge >= 0.3 is 0 Å². The molecule has 0 saturated carbocycles. The molecule has 0 aliphatic carbocycles. The Morgan fingerprint density at radius 1 is 1.26 bits per heavy atom. The summed E-state index contributed by atoms with van der Waals surface area (Å²) in [7, 11) is 2.00. The first-order valence-corrected chi connectivity index (χ1v) is 10.0. The second-order valence-electron chi connectivity index (χ2n) is 8.53. The Morgan fingerprint density at radius 2 is 2.00 bits per heavy atom. The van der Waals surface area contributed by atoms with Gasteiger partial charge in [-0.15, -0.1) is 0 Å². The molecule has 1 atom stereocenters. The molecule has 0 radical (unpaired) electrons. The summed E-state index contributed by atoms with van der Waals surface area (Å²) in [5.41, 5.74) is 1.16. The first-order valence-electron chi connectivity index (χ1n) is 10.0. The normalized spacial score (nSPS) is 23.5. The SMILES string of the molecule is CC(C)N(C)CC(=O)N1CCCC2(CCC(=O)N(Cc3ccncc3)C2)C1. The van der Waals surface area contributed by atoms with Crippen LogP contribution in [-0.4, -0.2) is 70.8 Å². The lowest BCUT2D eigenvalue weighted by atomic mass is 9.73. The maximum absolute atomic E-state index is 12.8. The van der Waals surface area contributed by atoms with E-state index in [1.165, 1.54) is 0 Å². The van der Waals surface area contributed by atoms with Gasteiger partial charge in [0.25, 0.3) is 0 Å². The Labute approximate surface area is 162 Å². The summed E-state index contributed by atoms with van der Waals surface area (Å²) in [6.07, 6.45) is 7.13. The number of carbonyl (C=O) groups is 2. The second-order valence-corrected chi connectivity index (χ2v) is 8.53. The van der Waals surface area contributed by atoms with Crippen LogP contribution >= 0.6 is 0 Å². The minimum atomic E-state index is 0.0469. The summed E-state index contributed by atoms with van der Waals surface area (Å²) in [5, 5.41) is 0. The van der Waals surface area contributed by atoms with E-state index < -0.39 is 0 Å². The van der Waals surface area contributed by atoms with Gasteiger partial charge in [0.05, 0.1) is 6.54 Å². The van der Waals surface area contributed by atoms with Gasteiger partial charge in [0.15, 0.2) is 0 Å². The molecule has 1 unspecified atom stereocenters. The van der Waals surface area contributed by atoms with Crippen LogP contribution in [0.3, 0.4) is 0 Å². The lowest BCUT2D eigenvalue weighted by Gasteiger charge is -2.48. The van der Waals surface area contributed by atoms with E-state index in [0.29, 0.717) is 25.6 Å². The molecule has 2 aliphatic heterocycles. The van der Waals surface area contributed by atoms with Gasteiger partial charge in [-0.05, 0) is 57.9 Å². The van der Waals surface area contributed by atoms with E-state index in [-0.39, 0.29) is 17.2 Å². The van der Waals surface area contributed by atoms with Crippen molar-refractivity contribution in [1.82, 2.24) is 19.7 Å². The highest BCUT2D eigenvalue weighted by atomic mass is 16.2. The van der Waals surface area contributed by atoms with Crippen LogP contribution in [0.25, 0.3) is 0 Å². The number of aromatic nitrogens is 1. The van der Waals surface area contributed by atoms with Gasteiger partial charge in [-0.25, -0.2) is 0 Å². The van der Waals surface area contributed by atoms with Crippen LogP contribution in [0.4, 0.5) is 0 Å². The topological polar surface area (TPSA) is 56.8 Å². The molecule has 3 heterocycles. The fraction of sp³-hybridized carbons (Fsp3) is 0.667. The van der Waals surface area contributed by atoms with E-state index in [2.05, 4.69) is 23.7 Å². The summed E-state index contributed by atoms with van der Waals surface area (Å²) in [5.74, 6) is 0.434. The Morgan fingerprint density at radius 3 is 2.70 bits per heavy atom. The van der Waals surface area contributed by atoms with Crippen LogP contribution < -0.4 is 0 Å². The predicted octanol–water partition coefficient (Wildman–Crippen LogP) is 2.15. The summed E-state index contributed by atoms with van der Waals surface area (Å²) in [4.78, 5) is 35.4. The van der Waals surface area contributed by atoms with E-state index in [1.807, 2.05) is 29.0 Å². The maximum Gasteiger partial charge on any atom is 0.236 e. The fourth-order valence-electron chi connectivity index (χ4n) is 4.20. The zero-order chi connectivity index (χ0) is 19.4. The van der Waals surface area contributed by atoms with Gasteiger partial charge in [-0.3, -0.25) is 19.5 Å². The molecule has 148 valence electrons. The van der Waals surface area contributed by atoms with Crippen LogP contribution in [0.1, 0.15) is 45.1 Å². The molecule has 3 rings (SSSR count). The van der Waals surface area contributed by atoms with Gasteiger partial charge < -0.3 is 9.80 Å². The van der Waals surface area contributed by atoms with Gasteiger partial charge in [-0.1, -0.05) is 0 Å². The Bertz CT molecular complexity index is 663. The number of rotatable bonds is 5. The Kier molecular flexibility index (Phi) is 6.15. The highest BCUT2D eigenvalue weighted by molar-refractivity contribution is 5.79. The summed E-state index contributed by atoms with van der Waals surface area (Å²) in [6, 6.07) is 4.29. The molecule has 0 aromatic carbocycles. The number of likely N-dealkylation sites (tertiary alicyclic amines) is 2. The summed E-state index contributed by atoms with van der Waals surface area (Å²) in [6.45, 7) is 7.67. The molecular weight excluding hydrogens is 340 g/mol. The third-order valence-corrected chi connectivity index (χ3v) is 6.15. The van der Waals surface area contributed by atoms with Crippen LogP contribution in [0.15, 0.2) is 24.5 Å². The van der Waals surface area contributed by atoms with Crippen molar-refractivity contribution < 1.29 is 9.59 Å². The third kappa shape index (κ3) is 4.86. The molecule has 2 fully saturated rings. The zero-order valence-corrected chi connectivity index (χ0v) is 16.9. The molecule has 6 nitrogen and oxygen atoms in total. The first kappa shape index (κ1) is 19.8. The van der Waals surface area contributed by atoms with E-state index in [9.17, 15) is 9.59 Å². The van der Waals surface area contributed by atoms with Gasteiger partial charge in [-0.2, -0.15) is 0 Å². The van der Waals surface area contributed by atoms with Gasteiger partial charge in [0.1, 0.15) is 0 Å². The van der Waals surface area contributed by atoms with E-state index in [1.54, 1.807) is 12.4 Å². The van der Waals surface area contributed by atoms with Crippen LogP contribution in [0, 0.1) is 5.41 Å². The molecule has 0 N–H and O–H groups in total. The maximum atomic E-state index is 12.8. The van der Waals surface area contributed by atoms with Crippen LogP contribution in [-0.2, 0) is 16.1 Å². The van der Waals surface area contributed by atoms with Crippen molar-refractivity contribution in [2.45, 2.75) is 52.1 Å². The standard InChI is InChI=1S/C21H32N4O2/c1-17(2)23(3)14-20(27)24-12-4-8-21(15-24)9-5-19(26)25(16-21)13-18-6-10-22-11-7-18/h6-7,10-11,17H,4-5,8-9,12-16H2,1-3H3. The number of hydrogen-bond donors (Lipinski definition) is 0. The van der Waals surface area contributed by atoms with Crippen molar-refractivity contribution in [2.75, 3.05) is 33.2 Å². The van der Waals surface area contributed by atoms with Crippen LogP contribution in [0.2, 0.25) is 0 Å². The fourth-order valence-corrected chi connectivity index (χ4v) is 4.20. The van der Waals surface area contributed by atoms with E-state index >= 15 is 0 Å². The molecule has 1 aromatic heterocycles. The molecule has 1 spiro atoms. The molecule has 2 aliphatic rings. The largest absolute Gasteiger partial charge is 0.341 e. The number of pyridine rings is 1. The zero-order valence-electron chi connectivity index (χ0n) is 16.9. The molecular formula is C21H32N4O2. The number of nitrogens with zero attached hydrogens (tertiary/aromatic N) is 4. The monoisotopic (exact) mass is 372 g/mol.